The van der Waals surface area contributed by atoms with E-state index < -0.39 is 0 Å². The number of hydrogen-bond donors (Lipinski definition) is 2. The molecule has 0 atom stereocenters. The lowest BCUT2D eigenvalue weighted by molar-refractivity contribution is 0.204. The molecule has 1 aromatic carbocycles. The minimum atomic E-state index is -0.0106. The van der Waals surface area contributed by atoms with Crippen LogP contribution in [0.1, 0.15) is 51.0 Å². The lowest BCUT2D eigenvalue weighted by Crippen LogP contribution is -2.37. The van der Waals surface area contributed by atoms with Crippen molar-refractivity contribution >= 4 is 11.7 Å². The third kappa shape index (κ3) is 4.46. The quantitative estimate of drug-likeness (QED) is 0.754. The van der Waals surface area contributed by atoms with E-state index >= 15 is 0 Å². The normalized spacial score (nSPS) is 14.3. The Balaban J connectivity index is 2.01. The van der Waals surface area contributed by atoms with E-state index in [1.165, 1.54) is 0 Å². The predicted molar refractivity (Wildman–Crippen MR) is 85.6 cm³/mol. The molecular weight excluding hydrogens is 264 g/mol. The van der Waals surface area contributed by atoms with Crippen molar-refractivity contribution in [3.05, 3.63) is 29.8 Å². The van der Waals surface area contributed by atoms with E-state index in [1.807, 2.05) is 23.1 Å². The van der Waals surface area contributed by atoms with E-state index in [9.17, 15) is 4.79 Å². The van der Waals surface area contributed by atoms with Gasteiger partial charge in [0.2, 0.25) is 0 Å². The highest BCUT2D eigenvalue weighted by atomic mass is 16.3. The second-order valence-electron chi connectivity index (χ2n) is 6.03. The van der Waals surface area contributed by atoms with Gasteiger partial charge in [0.05, 0.1) is 0 Å². The molecule has 4 heteroatoms. The number of rotatable bonds is 7. The fraction of sp³-hybridized carbons (Fsp3) is 0.588. The van der Waals surface area contributed by atoms with E-state index in [0.717, 1.165) is 43.5 Å². The molecule has 0 aromatic heterocycles. The van der Waals surface area contributed by atoms with Crippen LogP contribution in [0.2, 0.25) is 0 Å². The molecule has 1 fully saturated rings. The Morgan fingerprint density at radius 1 is 1.33 bits per heavy atom. The van der Waals surface area contributed by atoms with Gasteiger partial charge >= 0.3 is 6.03 Å². The molecule has 0 bridgehead atoms. The molecule has 0 radical (unpaired) electrons. The zero-order valence-corrected chi connectivity index (χ0v) is 13.0. The standard InChI is InChI=1S/C17H26N2O2/c1-13(2)15-7-3-4-8-16(15)18-17(21)19(14-9-10-14)11-5-6-12-20/h3-4,7-8,13-14,20H,5-6,9-12H2,1-2H3,(H,18,21). The van der Waals surface area contributed by atoms with E-state index in [1.54, 1.807) is 0 Å². The second kappa shape index (κ2) is 7.46. The van der Waals surface area contributed by atoms with Crippen LogP contribution in [0.3, 0.4) is 0 Å². The van der Waals surface area contributed by atoms with Gasteiger partial charge in [-0.15, -0.1) is 0 Å². The Morgan fingerprint density at radius 3 is 2.67 bits per heavy atom. The first-order valence-electron chi connectivity index (χ1n) is 7.91. The van der Waals surface area contributed by atoms with Crippen LogP contribution in [0.4, 0.5) is 10.5 Å². The van der Waals surface area contributed by atoms with Crippen molar-refractivity contribution in [1.29, 1.82) is 0 Å². The van der Waals surface area contributed by atoms with Gasteiger partial charge in [0, 0.05) is 24.9 Å². The zero-order valence-electron chi connectivity index (χ0n) is 13.0. The van der Waals surface area contributed by atoms with Crippen molar-refractivity contribution in [2.24, 2.45) is 0 Å². The van der Waals surface area contributed by atoms with Crippen molar-refractivity contribution in [2.75, 3.05) is 18.5 Å². The van der Waals surface area contributed by atoms with Crippen LogP contribution in [0.25, 0.3) is 0 Å². The summed E-state index contributed by atoms with van der Waals surface area (Å²) in [5.41, 5.74) is 2.07. The Labute approximate surface area is 127 Å². The second-order valence-corrected chi connectivity index (χ2v) is 6.03. The average molecular weight is 290 g/mol. The highest BCUT2D eigenvalue weighted by Crippen LogP contribution is 2.29. The van der Waals surface area contributed by atoms with Crippen LogP contribution < -0.4 is 5.32 Å². The van der Waals surface area contributed by atoms with Crippen LogP contribution in [-0.2, 0) is 0 Å². The molecule has 2 amide bonds. The third-order valence-corrected chi connectivity index (χ3v) is 3.88. The van der Waals surface area contributed by atoms with Gasteiger partial charge in [0.15, 0.2) is 0 Å². The van der Waals surface area contributed by atoms with Gasteiger partial charge in [-0.2, -0.15) is 0 Å². The Kier molecular flexibility index (Phi) is 5.62. The number of urea groups is 1. The average Bonchev–Trinajstić information content (AvgIpc) is 3.28. The number of aliphatic hydroxyl groups excluding tert-OH is 1. The minimum absolute atomic E-state index is 0.0106. The Hall–Kier alpha value is -1.55. The first-order chi connectivity index (χ1) is 10.1. The van der Waals surface area contributed by atoms with Crippen molar-refractivity contribution < 1.29 is 9.90 Å². The van der Waals surface area contributed by atoms with Crippen molar-refractivity contribution in [3.8, 4) is 0 Å². The summed E-state index contributed by atoms with van der Waals surface area (Å²) < 4.78 is 0. The number of hydrogen-bond acceptors (Lipinski definition) is 2. The summed E-state index contributed by atoms with van der Waals surface area (Å²) >= 11 is 0. The van der Waals surface area contributed by atoms with E-state index in [2.05, 4.69) is 25.2 Å². The van der Waals surface area contributed by atoms with E-state index in [4.69, 9.17) is 5.11 Å². The Morgan fingerprint density at radius 2 is 2.05 bits per heavy atom. The lowest BCUT2D eigenvalue weighted by Gasteiger charge is -2.24. The van der Waals surface area contributed by atoms with Crippen LogP contribution in [0, 0.1) is 0 Å². The number of unbranched alkanes of at least 4 members (excludes halogenated alkanes) is 1. The van der Waals surface area contributed by atoms with Crippen molar-refractivity contribution in [1.82, 2.24) is 4.90 Å². The van der Waals surface area contributed by atoms with Crippen LogP contribution in [-0.4, -0.2) is 35.2 Å². The molecular formula is C17H26N2O2. The molecule has 1 aliphatic carbocycles. The first-order valence-corrected chi connectivity index (χ1v) is 7.91. The number of para-hydroxylation sites is 1. The summed E-state index contributed by atoms with van der Waals surface area (Å²) in [7, 11) is 0. The fourth-order valence-electron chi connectivity index (χ4n) is 2.53. The number of benzene rings is 1. The molecule has 0 heterocycles. The maximum atomic E-state index is 12.5. The summed E-state index contributed by atoms with van der Waals surface area (Å²) in [6, 6.07) is 8.36. The molecule has 0 unspecified atom stereocenters. The molecule has 0 aliphatic heterocycles. The topological polar surface area (TPSA) is 52.6 Å². The van der Waals surface area contributed by atoms with E-state index in [0.29, 0.717) is 12.0 Å². The van der Waals surface area contributed by atoms with Gasteiger partial charge in [-0.25, -0.2) is 4.79 Å². The molecule has 2 N–H and O–H groups in total. The summed E-state index contributed by atoms with van der Waals surface area (Å²) in [5.74, 6) is 0.380. The largest absolute Gasteiger partial charge is 0.396 e. The molecule has 1 aliphatic rings. The molecule has 1 saturated carbocycles. The summed E-state index contributed by atoms with van der Waals surface area (Å²) in [5, 5.41) is 12.0. The van der Waals surface area contributed by atoms with Gasteiger partial charge in [-0.05, 0) is 43.2 Å². The number of amides is 2. The third-order valence-electron chi connectivity index (χ3n) is 3.88. The molecule has 2 rings (SSSR count). The number of nitrogens with zero attached hydrogens (tertiary/aromatic N) is 1. The van der Waals surface area contributed by atoms with Gasteiger partial charge in [-0.1, -0.05) is 32.0 Å². The number of carbonyl (C=O) groups is 1. The van der Waals surface area contributed by atoms with Gasteiger partial charge in [0.25, 0.3) is 0 Å². The lowest BCUT2D eigenvalue weighted by atomic mass is 10.0. The number of aliphatic hydroxyl groups is 1. The molecule has 21 heavy (non-hydrogen) atoms. The first kappa shape index (κ1) is 15.8. The predicted octanol–water partition coefficient (Wildman–Crippen LogP) is 3.58. The molecule has 116 valence electrons. The van der Waals surface area contributed by atoms with Crippen LogP contribution in [0.5, 0.6) is 0 Å². The van der Waals surface area contributed by atoms with Crippen LogP contribution >= 0.6 is 0 Å². The summed E-state index contributed by atoms with van der Waals surface area (Å²) in [4.78, 5) is 14.4. The highest BCUT2D eigenvalue weighted by molar-refractivity contribution is 5.90. The minimum Gasteiger partial charge on any atom is -0.396 e. The van der Waals surface area contributed by atoms with E-state index in [-0.39, 0.29) is 12.6 Å². The van der Waals surface area contributed by atoms with Crippen molar-refractivity contribution in [2.45, 2.75) is 51.5 Å². The fourth-order valence-corrected chi connectivity index (χ4v) is 2.53. The zero-order chi connectivity index (χ0) is 15.2. The molecule has 4 nitrogen and oxygen atoms in total. The number of anilines is 1. The van der Waals surface area contributed by atoms with Gasteiger partial charge in [0.1, 0.15) is 0 Å². The maximum Gasteiger partial charge on any atom is 0.322 e. The Bertz CT molecular complexity index is 470. The van der Waals surface area contributed by atoms with Crippen LogP contribution in [0.15, 0.2) is 24.3 Å². The molecule has 0 saturated heterocycles. The summed E-state index contributed by atoms with van der Waals surface area (Å²) in [6.45, 7) is 5.17. The van der Waals surface area contributed by atoms with Gasteiger partial charge in [-0.3, -0.25) is 0 Å². The SMILES string of the molecule is CC(C)c1ccccc1NC(=O)N(CCCCO)C1CC1. The highest BCUT2D eigenvalue weighted by Gasteiger charge is 2.32. The molecule has 0 spiro atoms. The van der Waals surface area contributed by atoms with Gasteiger partial charge < -0.3 is 15.3 Å². The summed E-state index contributed by atoms with van der Waals surface area (Å²) in [6.07, 6.45) is 3.79. The smallest absolute Gasteiger partial charge is 0.322 e. The maximum absolute atomic E-state index is 12.5. The van der Waals surface area contributed by atoms with Crippen molar-refractivity contribution in [3.63, 3.8) is 0 Å². The monoisotopic (exact) mass is 290 g/mol. The number of nitrogens with one attached hydrogen (secondary N) is 1. The number of carbonyl (C=O) groups excluding carboxylic acids is 1. The molecule has 1 aromatic rings.